The number of rotatable bonds is 10. The van der Waals surface area contributed by atoms with Gasteiger partial charge in [0, 0.05) is 30.9 Å². The second kappa shape index (κ2) is 9.55. The normalized spacial score (nSPS) is 13.7. The maximum atomic E-state index is 13.0. The maximum Gasteiger partial charge on any atom is 0.435 e. The van der Waals surface area contributed by atoms with Crippen molar-refractivity contribution in [1.82, 2.24) is 24.9 Å². The molecular formula is C22H24F3N5O3. The molecule has 1 aliphatic carbocycles. The molecule has 0 spiro atoms. The fraction of sp³-hybridized carbons (Fsp3) is 0.409. The Labute approximate surface area is 188 Å². The SMILES string of the molecule is COc1ccc(OCn2ccc(C(=O)NCCCn3nc(C(F)(F)F)cc3C3CC3)n2)cc1. The Balaban J connectivity index is 1.23. The zero-order valence-electron chi connectivity index (χ0n) is 18.0. The average Bonchev–Trinajstić information content (AvgIpc) is 3.36. The molecule has 11 heteroatoms. The molecule has 1 aliphatic rings. The second-order valence-electron chi connectivity index (χ2n) is 7.75. The summed E-state index contributed by atoms with van der Waals surface area (Å²) >= 11 is 0. The molecule has 0 unspecified atom stereocenters. The van der Waals surface area contributed by atoms with E-state index in [-0.39, 0.29) is 24.2 Å². The van der Waals surface area contributed by atoms with Crippen LogP contribution in [0, 0.1) is 0 Å². The molecule has 1 amide bonds. The van der Waals surface area contributed by atoms with Crippen LogP contribution >= 0.6 is 0 Å². The van der Waals surface area contributed by atoms with Gasteiger partial charge in [-0.15, -0.1) is 0 Å². The van der Waals surface area contributed by atoms with E-state index < -0.39 is 11.9 Å². The third-order valence-electron chi connectivity index (χ3n) is 5.23. The highest BCUT2D eigenvalue weighted by Crippen LogP contribution is 2.42. The number of hydrogen-bond donors (Lipinski definition) is 1. The minimum absolute atomic E-state index is 0.129. The summed E-state index contributed by atoms with van der Waals surface area (Å²) in [4.78, 5) is 12.3. The summed E-state index contributed by atoms with van der Waals surface area (Å²) in [6.45, 7) is 0.718. The van der Waals surface area contributed by atoms with Crippen molar-refractivity contribution in [2.75, 3.05) is 13.7 Å². The van der Waals surface area contributed by atoms with Gasteiger partial charge in [-0.2, -0.15) is 23.4 Å². The zero-order valence-corrected chi connectivity index (χ0v) is 18.0. The van der Waals surface area contributed by atoms with Crippen LogP contribution in [-0.4, -0.2) is 39.1 Å². The number of carbonyl (C=O) groups excluding carboxylic acids is 1. The summed E-state index contributed by atoms with van der Waals surface area (Å²) < 4.78 is 52.5. The number of nitrogens with zero attached hydrogens (tertiary/aromatic N) is 4. The molecular weight excluding hydrogens is 439 g/mol. The predicted octanol–water partition coefficient (Wildman–Crippen LogP) is 3.84. The largest absolute Gasteiger partial charge is 0.497 e. The summed E-state index contributed by atoms with van der Waals surface area (Å²) in [5, 5.41) is 10.6. The molecule has 33 heavy (non-hydrogen) atoms. The van der Waals surface area contributed by atoms with E-state index in [0.717, 1.165) is 24.7 Å². The van der Waals surface area contributed by atoms with E-state index in [4.69, 9.17) is 9.47 Å². The molecule has 0 radical (unpaired) electrons. The summed E-state index contributed by atoms with van der Waals surface area (Å²) in [5.74, 6) is 1.14. The van der Waals surface area contributed by atoms with Crippen LogP contribution in [0.15, 0.2) is 42.6 Å². The average molecular weight is 463 g/mol. The molecule has 176 valence electrons. The molecule has 1 N–H and O–H groups in total. The number of carbonyl (C=O) groups is 1. The van der Waals surface area contributed by atoms with Crippen LogP contribution in [-0.2, 0) is 19.5 Å². The molecule has 4 rings (SSSR count). The Morgan fingerprint density at radius 3 is 2.55 bits per heavy atom. The summed E-state index contributed by atoms with van der Waals surface area (Å²) in [5.41, 5.74) is -0.0227. The molecule has 0 bridgehead atoms. The number of aromatic nitrogens is 4. The topological polar surface area (TPSA) is 83.2 Å². The smallest absolute Gasteiger partial charge is 0.435 e. The van der Waals surface area contributed by atoms with Crippen molar-refractivity contribution in [3.8, 4) is 11.5 Å². The van der Waals surface area contributed by atoms with Crippen molar-refractivity contribution < 1.29 is 27.4 Å². The highest BCUT2D eigenvalue weighted by Gasteiger charge is 2.37. The van der Waals surface area contributed by atoms with Crippen LogP contribution in [0.25, 0.3) is 0 Å². The molecule has 2 heterocycles. The molecule has 0 saturated heterocycles. The van der Waals surface area contributed by atoms with E-state index in [1.807, 2.05) is 0 Å². The van der Waals surface area contributed by atoms with E-state index in [9.17, 15) is 18.0 Å². The van der Waals surface area contributed by atoms with Gasteiger partial charge >= 0.3 is 6.18 Å². The lowest BCUT2D eigenvalue weighted by Gasteiger charge is -2.08. The second-order valence-corrected chi connectivity index (χ2v) is 7.75. The van der Waals surface area contributed by atoms with E-state index in [0.29, 0.717) is 31.0 Å². The van der Waals surface area contributed by atoms with E-state index in [1.165, 1.54) is 9.36 Å². The minimum Gasteiger partial charge on any atom is -0.497 e. The van der Waals surface area contributed by atoms with Crippen LogP contribution < -0.4 is 14.8 Å². The highest BCUT2D eigenvalue weighted by molar-refractivity contribution is 5.92. The monoisotopic (exact) mass is 463 g/mol. The van der Waals surface area contributed by atoms with E-state index in [1.54, 1.807) is 43.6 Å². The van der Waals surface area contributed by atoms with Crippen molar-refractivity contribution in [3.63, 3.8) is 0 Å². The van der Waals surface area contributed by atoms with Crippen LogP contribution in [0.1, 0.15) is 47.1 Å². The molecule has 8 nitrogen and oxygen atoms in total. The van der Waals surface area contributed by atoms with Gasteiger partial charge in [0.05, 0.1) is 7.11 Å². The van der Waals surface area contributed by atoms with Crippen molar-refractivity contribution in [2.24, 2.45) is 0 Å². The fourth-order valence-electron chi connectivity index (χ4n) is 3.35. The summed E-state index contributed by atoms with van der Waals surface area (Å²) in [6.07, 6.45) is -0.622. The molecule has 0 atom stereocenters. The van der Waals surface area contributed by atoms with Crippen LogP contribution in [0.5, 0.6) is 11.5 Å². The Bertz CT molecular complexity index is 1090. The predicted molar refractivity (Wildman–Crippen MR) is 112 cm³/mol. The van der Waals surface area contributed by atoms with Gasteiger partial charge < -0.3 is 14.8 Å². The molecule has 1 saturated carbocycles. The molecule has 1 aromatic carbocycles. The lowest BCUT2D eigenvalue weighted by atomic mass is 10.2. The Kier molecular flexibility index (Phi) is 6.57. The first-order valence-electron chi connectivity index (χ1n) is 10.6. The molecule has 2 aromatic heterocycles. The zero-order chi connectivity index (χ0) is 23.4. The van der Waals surface area contributed by atoms with Gasteiger partial charge in [0.25, 0.3) is 5.91 Å². The van der Waals surface area contributed by atoms with Crippen molar-refractivity contribution in [1.29, 1.82) is 0 Å². The van der Waals surface area contributed by atoms with Crippen molar-refractivity contribution in [3.05, 3.63) is 59.7 Å². The Hall–Kier alpha value is -3.50. The third-order valence-corrected chi connectivity index (χ3v) is 5.23. The van der Waals surface area contributed by atoms with Crippen LogP contribution in [0.4, 0.5) is 13.2 Å². The van der Waals surface area contributed by atoms with E-state index >= 15 is 0 Å². The Morgan fingerprint density at radius 2 is 1.88 bits per heavy atom. The maximum absolute atomic E-state index is 13.0. The number of methoxy groups -OCH3 is 1. The van der Waals surface area contributed by atoms with Gasteiger partial charge in [-0.05, 0) is 55.7 Å². The third kappa shape index (κ3) is 5.85. The van der Waals surface area contributed by atoms with Gasteiger partial charge in [0.1, 0.15) is 17.2 Å². The van der Waals surface area contributed by atoms with Gasteiger partial charge in [0.2, 0.25) is 0 Å². The van der Waals surface area contributed by atoms with Crippen LogP contribution in [0.3, 0.4) is 0 Å². The first-order chi connectivity index (χ1) is 15.8. The first kappa shape index (κ1) is 22.7. The number of benzene rings is 1. The van der Waals surface area contributed by atoms with Gasteiger partial charge in [-0.3, -0.25) is 9.48 Å². The van der Waals surface area contributed by atoms with Crippen molar-refractivity contribution in [2.45, 2.75) is 44.6 Å². The lowest BCUT2D eigenvalue weighted by Crippen LogP contribution is -2.26. The molecule has 3 aromatic rings. The number of hydrogen-bond acceptors (Lipinski definition) is 5. The number of aryl methyl sites for hydroxylation is 1. The Morgan fingerprint density at radius 1 is 1.15 bits per heavy atom. The quantitative estimate of drug-likeness (QED) is 0.462. The summed E-state index contributed by atoms with van der Waals surface area (Å²) in [6, 6.07) is 9.79. The highest BCUT2D eigenvalue weighted by atomic mass is 19.4. The van der Waals surface area contributed by atoms with Gasteiger partial charge in [-0.1, -0.05) is 0 Å². The molecule has 0 aliphatic heterocycles. The minimum atomic E-state index is -4.46. The number of nitrogens with one attached hydrogen (secondary N) is 1. The van der Waals surface area contributed by atoms with Crippen LogP contribution in [0.2, 0.25) is 0 Å². The lowest BCUT2D eigenvalue weighted by molar-refractivity contribution is -0.141. The number of ether oxygens (including phenoxy) is 2. The van der Waals surface area contributed by atoms with Gasteiger partial charge in [0.15, 0.2) is 12.4 Å². The van der Waals surface area contributed by atoms with Gasteiger partial charge in [-0.25, -0.2) is 4.68 Å². The number of halogens is 3. The first-order valence-corrected chi connectivity index (χ1v) is 10.6. The number of alkyl halides is 3. The standard InChI is InChI=1S/C22H24F3N5O3/c1-32-16-5-7-17(8-6-16)33-14-29-12-9-18(27-29)21(31)26-10-2-11-30-19(15-3-4-15)13-20(28-30)22(23,24)25/h5-9,12-13,15H,2-4,10-11,14H2,1H3,(H,26,31). The fourth-order valence-corrected chi connectivity index (χ4v) is 3.35. The summed E-state index contributed by atoms with van der Waals surface area (Å²) in [7, 11) is 1.58. The molecule has 1 fully saturated rings. The number of amides is 1. The van der Waals surface area contributed by atoms with Crippen molar-refractivity contribution >= 4 is 5.91 Å². The van der Waals surface area contributed by atoms with E-state index in [2.05, 4.69) is 15.5 Å².